The first-order valence-corrected chi connectivity index (χ1v) is 9.03. The molecule has 1 aromatic heterocycles. The lowest BCUT2D eigenvalue weighted by atomic mass is 10.2. The Labute approximate surface area is 167 Å². The van der Waals surface area contributed by atoms with Gasteiger partial charge in [0.05, 0.1) is 11.4 Å². The van der Waals surface area contributed by atoms with Crippen LogP contribution in [-0.2, 0) is 11.2 Å². The number of hydrogen-bond acceptors (Lipinski definition) is 5. The average molecular weight is 405 g/mol. The highest BCUT2D eigenvalue weighted by Gasteiger charge is 2.13. The van der Waals surface area contributed by atoms with Gasteiger partial charge in [0.2, 0.25) is 17.6 Å². The van der Waals surface area contributed by atoms with Gasteiger partial charge in [-0.1, -0.05) is 28.4 Å². The summed E-state index contributed by atoms with van der Waals surface area (Å²) in [7, 11) is 3.80. The van der Waals surface area contributed by atoms with Gasteiger partial charge in [-0.2, -0.15) is 4.98 Å². The Bertz CT molecular complexity index is 939. The molecule has 0 fully saturated rings. The van der Waals surface area contributed by atoms with Gasteiger partial charge in [0.25, 0.3) is 0 Å². The summed E-state index contributed by atoms with van der Waals surface area (Å²) in [6.07, 6.45) is 0.548. The van der Waals surface area contributed by atoms with E-state index in [0.717, 1.165) is 11.3 Å². The fourth-order valence-electron chi connectivity index (χ4n) is 2.50. The predicted octanol–water partition coefficient (Wildman–Crippen LogP) is 4.68. The molecule has 0 atom stereocenters. The standard InChI is InChI=1S/C19H18Cl2N4O2/c1-25(2)16-8-7-14(21)11-15(16)22-17(26)9-10-18-23-19(24-27-18)12-3-5-13(20)6-4-12/h3-8,11H,9-10H2,1-2H3,(H,22,26). The van der Waals surface area contributed by atoms with Crippen molar-refractivity contribution in [3.05, 3.63) is 58.4 Å². The molecular formula is C19H18Cl2N4O2. The van der Waals surface area contributed by atoms with Crippen molar-refractivity contribution in [1.82, 2.24) is 10.1 Å². The molecule has 140 valence electrons. The zero-order valence-electron chi connectivity index (χ0n) is 14.9. The van der Waals surface area contributed by atoms with Crippen LogP contribution in [0.1, 0.15) is 12.3 Å². The highest BCUT2D eigenvalue weighted by atomic mass is 35.5. The average Bonchev–Trinajstić information content (AvgIpc) is 3.09. The number of carbonyl (C=O) groups is 1. The van der Waals surface area contributed by atoms with Gasteiger partial charge >= 0.3 is 0 Å². The zero-order valence-corrected chi connectivity index (χ0v) is 16.4. The monoisotopic (exact) mass is 404 g/mol. The molecule has 0 aliphatic rings. The molecule has 0 bridgehead atoms. The summed E-state index contributed by atoms with van der Waals surface area (Å²) in [5.74, 6) is 0.701. The molecule has 27 heavy (non-hydrogen) atoms. The van der Waals surface area contributed by atoms with Crippen LogP contribution >= 0.6 is 23.2 Å². The van der Waals surface area contributed by atoms with E-state index in [0.29, 0.717) is 33.9 Å². The fourth-order valence-corrected chi connectivity index (χ4v) is 2.80. The van der Waals surface area contributed by atoms with Crippen LogP contribution in [0.3, 0.4) is 0 Å². The van der Waals surface area contributed by atoms with Crippen LogP contribution in [0.5, 0.6) is 0 Å². The van der Waals surface area contributed by atoms with Gasteiger partial charge in [-0.15, -0.1) is 0 Å². The summed E-state index contributed by atoms with van der Waals surface area (Å²) in [5.41, 5.74) is 2.33. The minimum Gasteiger partial charge on any atom is -0.376 e. The third-order valence-corrected chi connectivity index (χ3v) is 4.34. The van der Waals surface area contributed by atoms with Crippen molar-refractivity contribution in [3.8, 4) is 11.4 Å². The molecule has 0 aliphatic heterocycles. The maximum atomic E-state index is 12.3. The normalized spacial score (nSPS) is 10.7. The maximum Gasteiger partial charge on any atom is 0.227 e. The predicted molar refractivity (Wildman–Crippen MR) is 107 cm³/mol. The van der Waals surface area contributed by atoms with Crippen molar-refractivity contribution >= 4 is 40.5 Å². The number of hydrogen-bond donors (Lipinski definition) is 1. The molecule has 1 heterocycles. The van der Waals surface area contributed by atoms with E-state index in [9.17, 15) is 4.79 Å². The molecule has 0 radical (unpaired) electrons. The summed E-state index contributed by atoms with van der Waals surface area (Å²) in [5, 5.41) is 8.01. The van der Waals surface area contributed by atoms with Gasteiger partial charge in [-0.25, -0.2) is 0 Å². The number of nitrogens with zero attached hydrogens (tertiary/aromatic N) is 3. The lowest BCUT2D eigenvalue weighted by Crippen LogP contribution is -2.17. The fraction of sp³-hybridized carbons (Fsp3) is 0.211. The highest BCUT2D eigenvalue weighted by Crippen LogP contribution is 2.28. The molecule has 3 aromatic rings. The van der Waals surface area contributed by atoms with E-state index in [1.807, 2.05) is 37.2 Å². The second-order valence-corrected chi connectivity index (χ2v) is 7.00. The van der Waals surface area contributed by atoms with Gasteiger partial charge in [-0.3, -0.25) is 4.79 Å². The molecule has 0 spiro atoms. The lowest BCUT2D eigenvalue weighted by Gasteiger charge is -2.18. The first-order chi connectivity index (χ1) is 12.9. The summed E-state index contributed by atoms with van der Waals surface area (Å²) < 4.78 is 5.23. The molecule has 0 saturated carbocycles. The lowest BCUT2D eigenvalue weighted by molar-refractivity contribution is -0.116. The van der Waals surface area contributed by atoms with Crippen LogP contribution in [0.2, 0.25) is 10.0 Å². The number of halogens is 2. The summed E-state index contributed by atoms with van der Waals surface area (Å²) in [4.78, 5) is 18.5. The second-order valence-electron chi connectivity index (χ2n) is 6.12. The number of rotatable bonds is 6. The topological polar surface area (TPSA) is 71.3 Å². The Morgan fingerprint density at radius 3 is 2.52 bits per heavy atom. The van der Waals surface area contributed by atoms with Crippen LogP contribution < -0.4 is 10.2 Å². The van der Waals surface area contributed by atoms with Gasteiger partial charge in [0, 0.05) is 42.5 Å². The quantitative estimate of drug-likeness (QED) is 0.645. The molecule has 1 amide bonds. The Balaban J connectivity index is 1.62. The van der Waals surface area contributed by atoms with E-state index < -0.39 is 0 Å². The van der Waals surface area contributed by atoms with E-state index >= 15 is 0 Å². The number of carbonyl (C=O) groups excluding carboxylic acids is 1. The summed E-state index contributed by atoms with van der Waals surface area (Å²) in [6, 6.07) is 12.5. The minimum absolute atomic E-state index is 0.161. The third kappa shape index (κ3) is 4.99. The Hall–Kier alpha value is -2.57. The van der Waals surface area contributed by atoms with Gasteiger partial charge in [0.1, 0.15) is 0 Å². The summed E-state index contributed by atoms with van der Waals surface area (Å²) in [6.45, 7) is 0. The van der Waals surface area contributed by atoms with Gasteiger partial charge in [-0.05, 0) is 42.5 Å². The van der Waals surface area contributed by atoms with Crippen LogP contribution in [0.15, 0.2) is 47.0 Å². The molecular weight excluding hydrogens is 387 g/mol. The Morgan fingerprint density at radius 2 is 1.81 bits per heavy atom. The SMILES string of the molecule is CN(C)c1ccc(Cl)cc1NC(=O)CCc1nc(-c2ccc(Cl)cc2)no1. The largest absolute Gasteiger partial charge is 0.376 e. The molecule has 8 heteroatoms. The Kier molecular flexibility index (Phi) is 5.98. The minimum atomic E-state index is -0.161. The van der Waals surface area contributed by atoms with Crippen molar-refractivity contribution < 1.29 is 9.32 Å². The molecule has 0 aliphatic carbocycles. The first kappa shape index (κ1) is 19.2. The molecule has 0 unspecified atom stereocenters. The number of amides is 1. The van der Waals surface area contributed by atoms with Crippen molar-refractivity contribution in [3.63, 3.8) is 0 Å². The van der Waals surface area contributed by atoms with Gasteiger partial charge < -0.3 is 14.7 Å². The Morgan fingerprint density at radius 1 is 1.11 bits per heavy atom. The number of aryl methyl sites for hydroxylation is 1. The molecule has 1 N–H and O–H groups in total. The molecule has 2 aromatic carbocycles. The van der Waals surface area contributed by atoms with E-state index in [2.05, 4.69) is 15.5 Å². The molecule has 3 rings (SSSR count). The van der Waals surface area contributed by atoms with E-state index in [-0.39, 0.29) is 12.3 Å². The van der Waals surface area contributed by atoms with Crippen molar-refractivity contribution in [2.45, 2.75) is 12.8 Å². The molecule has 0 saturated heterocycles. The zero-order chi connectivity index (χ0) is 19.4. The maximum absolute atomic E-state index is 12.3. The van der Waals surface area contributed by atoms with Gasteiger partial charge in [0.15, 0.2) is 0 Å². The van der Waals surface area contributed by atoms with Crippen LogP contribution in [-0.4, -0.2) is 30.1 Å². The number of anilines is 2. The van der Waals surface area contributed by atoms with E-state index in [1.165, 1.54) is 0 Å². The van der Waals surface area contributed by atoms with Crippen LogP contribution in [0, 0.1) is 0 Å². The summed E-state index contributed by atoms with van der Waals surface area (Å²) >= 11 is 11.9. The van der Waals surface area contributed by atoms with Crippen LogP contribution in [0.25, 0.3) is 11.4 Å². The second kappa shape index (κ2) is 8.41. The van der Waals surface area contributed by atoms with Crippen LogP contribution in [0.4, 0.5) is 11.4 Å². The number of benzene rings is 2. The number of aromatic nitrogens is 2. The smallest absolute Gasteiger partial charge is 0.227 e. The van der Waals surface area contributed by atoms with E-state index in [4.69, 9.17) is 27.7 Å². The number of nitrogens with one attached hydrogen (secondary N) is 1. The van der Waals surface area contributed by atoms with E-state index in [1.54, 1.807) is 24.3 Å². The van der Waals surface area contributed by atoms with Crippen molar-refractivity contribution in [2.75, 3.05) is 24.3 Å². The van der Waals surface area contributed by atoms with Crippen molar-refractivity contribution in [1.29, 1.82) is 0 Å². The third-order valence-electron chi connectivity index (χ3n) is 3.85. The van der Waals surface area contributed by atoms with Crippen molar-refractivity contribution in [2.24, 2.45) is 0 Å². The molecule has 6 nitrogen and oxygen atoms in total. The highest BCUT2D eigenvalue weighted by molar-refractivity contribution is 6.31. The first-order valence-electron chi connectivity index (χ1n) is 8.27.